The quantitative estimate of drug-likeness (QED) is 0.885. The van der Waals surface area contributed by atoms with E-state index in [0.29, 0.717) is 5.92 Å². The molecular formula is C17H19NO. The second-order valence-corrected chi connectivity index (χ2v) is 6.10. The molecule has 98 valence electrons. The van der Waals surface area contributed by atoms with Crippen LogP contribution in [0.3, 0.4) is 0 Å². The number of fused-ring (bicyclic) bond motifs is 2. The Balaban J connectivity index is 1.63. The maximum absolute atomic E-state index is 10.6. The predicted molar refractivity (Wildman–Crippen MR) is 75.6 cm³/mol. The van der Waals surface area contributed by atoms with E-state index in [-0.39, 0.29) is 6.10 Å². The summed E-state index contributed by atoms with van der Waals surface area (Å²) in [5.41, 5.74) is 2.00. The summed E-state index contributed by atoms with van der Waals surface area (Å²) in [7, 11) is 0. The summed E-state index contributed by atoms with van der Waals surface area (Å²) in [6.45, 7) is 0. The lowest BCUT2D eigenvalue weighted by Crippen LogP contribution is -2.03. The first-order chi connectivity index (χ1) is 9.34. The maximum Gasteiger partial charge on any atom is 0.0838 e. The lowest BCUT2D eigenvalue weighted by atomic mass is 10.0. The van der Waals surface area contributed by atoms with E-state index in [2.05, 4.69) is 17.1 Å². The predicted octanol–water partition coefficient (Wildman–Crippen LogP) is 3.70. The van der Waals surface area contributed by atoms with E-state index in [0.717, 1.165) is 28.3 Å². The van der Waals surface area contributed by atoms with E-state index in [9.17, 15) is 5.11 Å². The molecule has 2 aromatic rings. The molecule has 2 fully saturated rings. The van der Waals surface area contributed by atoms with Crippen LogP contribution in [0.5, 0.6) is 0 Å². The number of rotatable bonds is 2. The summed E-state index contributed by atoms with van der Waals surface area (Å²) in [5.74, 6) is 2.04. The number of aromatic nitrogens is 1. The normalized spacial score (nSPS) is 30.9. The average Bonchev–Trinajstić information content (AvgIpc) is 3.20. The second kappa shape index (κ2) is 4.31. The van der Waals surface area contributed by atoms with Crippen LogP contribution in [0.15, 0.2) is 36.5 Å². The molecule has 1 aromatic carbocycles. The van der Waals surface area contributed by atoms with Gasteiger partial charge in [-0.05, 0) is 48.3 Å². The Hall–Kier alpha value is -1.41. The smallest absolute Gasteiger partial charge is 0.0838 e. The minimum atomic E-state index is -0.315. The van der Waals surface area contributed by atoms with Crippen molar-refractivity contribution < 1.29 is 5.11 Å². The van der Waals surface area contributed by atoms with Crippen LogP contribution in [-0.2, 0) is 0 Å². The third-order valence-electron chi connectivity index (χ3n) is 5.04. The van der Waals surface area contributed by atoms with Crippen molar-refractivity contribution in [3.8, 4) is 0 Å². The van der Waals surface area contributed by atoms with Crippen molar-refractivity contribution in [3.63, 3.8) is 0 Å². The summed E-state index contributed by atoms with van der Waals surface area (Å²) in [6.07, 6.45) is 6.86. The Bertz CT molecular complexity index is 597. The molecule has 0 saturated heterocycles. The Kier molecular flexibility index (Phi) is 2.59. The lowest BCUT2D eigenvalue weighted by molar-refractivity contribution is 0.142. The highest BCUT2D eigenvalue weighted by Gasteiger charge is 2.54. The van der Waals surface area contributed by atoms with Crippen LogP contribution < -0.4 is 0 Å². The van der Waals surface area contributed by atoms with Crippen LogP contribution >= 0.6 is 0 Å². The fraction of sp³-hybridized carbons (Fsp3) is 0.471. The molecule has 2 saturated carbocycles. The molecule has 0 bridgehead atoms. The van der Waals surface area contributed by atoms with E-state index < -0.39 is 0 Å². The third kappa shape index (κ3) is 1.86. The SMILES string of the molecule is OC(c1cnc2ccccc2c1)C1C2CCCCC21. The van der Waals surface area contributed by atoms with Crippen molar-refractivity contribution in [3.05, 3.63) is 42.1 Å². The number of aliphatic hydroxyl groups excluding tert-OH is 1. The van der Waals surface area contributed by atoms with Gasteiger partial charge in [-0.3, -0.25) is 4.98 Å². The van der Waals surface area contributed by atoms with Crippen LogP contribution in [0.25, 0.3) is 10.9 Å². The van der Waals surface area contributed by atoms with Gasteiger partial charge in [0, 0.05) is 11.6 Å². The molecule has 0 amide bonds. The van der Waals surface area contributed by atoms with E-state index in [1.807, 2.05) is 24.4 Å². The van der Waals surface area contributed by atoms with Gasteiger partial charge in [0.25, 0.3) is 0 Å². The maximum atomic E-state index is 10.6. The summed E-state index contributed by atoms with van der Waals surface area (Å²) >= 11 is 0. The molecule has 1 N–H and O–H groups in total. The van der Waals surface area contributed by atoms with Gasteiger partial charge >= 0.3 is 0 Å². The van der Waals surface area contributed by atoms with Crippen molar-refractivity contribution in [2.75, 3.05) is 0 Å². The van der Waals surface area contributed by atoms with Crippen LogP contribution in [0.4, 0.5) is 0 Å². The summed E-state index contributed by atoms with van der Waals surface area (Å²) in [4.78, 5) is 4.47. The van der Waals surface area contributed by atoms with Crippen molar-refractivity contribution in [2.24, 2.45) is 17.8 Å². The first kappa shape index (κ1) is 11.4. The molecule has 0 spiro atoms. The van der Waals surface area contributed by atoms with Gasteiger partial charge in [0.2, 0.25) is 0 Å². The van der Waals surface area contributed by atoms with Gasteiger partial charge in [0.05, 0.1) is 11.6 Å². The second-order valence-electron chi connectivity index (χ2n) is 6.10. The molecule has 2 aliphatic carbocycles. The van der Waals surface area contributed by atoms with Crippen molar-refractivity contribution in [1.82, 2.24) is 4.98 Å². The first-order valence-corrected chi connectivity index (χ1v) is 7.37. The third-order valence-corrected chi connectivity index (χ3v) is 5.04. The van der Waals surface area contributed by atoms with Gasteiger partial charge in [0.15, 0.2) is 0 Å². The standard InChI is InChI=1S/C17H19NO/c19-17(16-13-6-2-3-7-14(13)16)12-9-11-5-1-4-8-15(11)18-10-12/h1,4-5,8-10,13-14,16-17,19H,2-3,6-7H2. The molecule has 2 aliphatic rings. The Morgan fingerprint density at radius 1 is 1.11 bits per heavy atom. The number of para-hydroxylation sites is 1. The molecule has 4 rings (SSSR count). The Morgan fingerprint density at radius 2 is 1.84 bits per heavy atom. The van der Waals surface area contributed by atoms with Crippen LogP contribution in [-0.4, -0.2) is 10.1 Å². The lowest BCUT2D eigenvalue weighted by Gasteiger charge is -2.11. The van der Waals surface area contributed by atoms with Gasteiger partial charge < -0.3 is 5.11 Å². The van der Waals surface area contributed by atoms with Crippen molar-refractivity contribution >= 4 is 10.9 Å². The van der Waals surface area contributed by atoms with Gasteiger partial charge in [-0.25, -0.2) is 0 Å². The van der Waals surface area contributed by atoms with Crippen LogP contribution in [0.1, 0.15) is 37.4 Å². The molecular weight excluding hydrogens is 234 g/mol. The Morgan fingerprint density at radius 3 is 2.63 bits per heavy atom. The highest BCUT2D eigenvalue weighted by molar-refractivity contribution is 5.78. The van der Waals surface area contributed by atoms with Crippen LogP contribution in [0.2, 0.25) is 0 Å². The molecule has 2 nitrogen and oxygen atoms in total. The highest BCUT2D eigenvalue weighted by Crippen LogP contribution is 2.60. The van der Waals surface area contributed by atoms with Gasteiger partial charge in [-0.2, -0.15) is 0 Å². The number of aliphatic hydroxyl groups is 1. The van der Waals surface area contributed by atoms with Gasteiger partial charge in [0.1, 0.15) is 0 Å². The zero-order chi connectivity index (χ0) is 12.8. The molecule has 0 aliphatic heterocycles. The minimum Gasteiger partial charge on any atom is -0.388 e. The zero-order valence-electron chi connectivity index (χ0n) is 11.0. The number of nitrogens with zero attached hydrogens (tertiary/aromatic N) is 1. The summed E-state index contributed by atoms with van der Waals surface area (Å²) in [5, 5.41) is 11.7. The molecule has 0 radical (unpaired) electrons. The number of pyridine rings is 1. The molecule has 2 heteroatoms. The van der Waals surface area contributed by atoms with E-state index in [1.54, 1.807) is 0 Å². The number of hydrogen-bond donors (Lipinski definition) is 1. The molecule has 3 atom stereocenters. The molecule has 1 aromatic heterocycles. The van der Waals surface area contributed by atoms with Crippen LogP contribution in [0, 0.1) is 17.8 Å². The van der Waals surface area contributed by atoms with Gasteiger partial charge in [-0.1, -0.05) is 31.0 Å². The average molecular weight is 253 g/mol. The summed E-state index contributed by atoms with van der Waals surface area (Å²) < 4.78 is 0. The first-order valence-electron chi connectivity index (χ1n) is 7.37. The molecule has 1 heterocycles. The minimum absolute atomic E-state index is 0.315. The molecule has 19 heavy (non-hydrogen) atoms. The number of hydrogen-bond acceptors (Lipinski definition) is 2. The molecule has 3 unspecified atom stereocenters. The van der Waals surface area contributed by atoms with Gasteiger partial charge in [-0.15, -0.1) is 0 Å². The fourth-order valence-corrected chi connectivity index (χ4v) is 3.99. The monoisotopic (exact) mass is 253 g/mol. The summed E-state index contributed by atoms with van der Waals surface area (Å²) in [6, 6.07) is 10.2. The fourth-order valence-electron chi connectivity index (χ4n) is 3.99. The van der Waals surface area contributed by atoms with E-state index in [4.69, 9.17) is 0 Å². The topological polar surface area (TPSA) is 33.1 Å². The number of benzene rings is 1. The Labute approximate surface area is 113 Å². The van der Waals surface area contributed by atoms with E-state index >= 15 is 0 Å². The van der Waals surface area contributed by atoms with Crippen molar-refractivity contribution in [1.29, 1.82) is 0 Å². The van der Waals surface area contributed by atoms with E-state index in [1.165, 1.54) is 25.7 Å². The van der Waals surface area contributed by atoms with Crippen molar-refractivity contribution in [2.45, 2.75) is 31.8 Å². The zero-order valence-corrected chi connectivity index (χ0v) is 11.0. The highest BCUT2D eigenvalue weighted by atomic mass is 16.3. The largest absolute Gasteiger partial charge is 0.388 e.